The smallest absolute Gasteiger partial charge is 0.251 e. The van der Waals surface area contributed by atoms with Gasteiger partial charge in [0.1, 0.15) is 5.75 Å². The Balaban J connectivity index is 1.69. The van der Waals surface area contributed by atoms with E-state index < -0.39 is 0 Å². The Morgan fingerprint density at radius 2 is 1.85 bits per heavy atom. The fraction of sp³-hybridized carbons (Fsp3) is 0.238. The molecule has 0 radical (unpaired) electrons. The third-order valence-corrected chi connectivity index (χ3v) is 4.66. The Bertz CT molecular complexity index is 1000. The number of aryl methyl sites for hydroxylation is 2. The summed E-state index contributed by atoms with van der Waals surface area (Å²) in [5.41, 5.74) is 4.22. The second-order valence-corrected chi connectivity index (χ2v) is 6.33. The number of amides is 1. The van der Waals surface area contributed by atoms with Crippen molar-refractivity contribution in [2.24, 2.45) is 0 Å². The molecule has 0 aliphatic rings. The summed E-state index contributed by atoms with van der Waals surface area (Å²) in [5, 5.41) is 3.85. The average molecular weight is 350 g/mol. The summed E-state index contributed by atoms with van der Waals surface area (Å²) in [6.07, 6.45) is 0.472. The standard InChI is InChI=1S/C21H22N2O3/c1-13-4-5-16-12-17(21(25)23-19(16)14(13)2)10-11-22-20(24)15-6-8-18(26-3)9-7-15/h4-9,12H,10-11H2,1-3H3,(H,22,24)(H,23,25). The molecule has 26 heavy (non-hydrogen) atoms. The number of hydrogen-bond donors (Lipinski definition) is 2. The molecule has 5 heteroatoms. The third kappa shape index (κ3) is 3.61. The fourth-order valence-corrected chi connectivity index (χ4v) is 2.91. The van der Waals surface area contributed by atoms with Gasteiger partial charge >= 0.3 is 0 Å². The molecule has 134 valence electrons. The number of pyridine rings is 1. The van der Waals surface area contributed by atoms with Crippen molar-refractivity contribution in [1.82, 2.24) is 10.3 Å². The third-order valence-electron chi connectivity index (χ3n) is 4.66. The van der Waals surface area contributed by atoms with Crippen molar-refractivity contribution >= 4 is 16.8 Å². The van der Waals surface area contributed by atoms with E-state index in [4.69, 9.17) is 4.74 Å². The lowest BCUT2D eigenvalue weighted by Crippen LogP contribution is -2.27. The lowest BCUT2D eigenvalue weighted by Gasteiger charge is -2.09. The van der Waals surface area contributed by atoms with E-state index in [-0.39, 0.29) is 11.5 Å². The first kappa shape index (κ1) is 17.7. The molecule has 1 amide bonds. The maximum absolute atomic E-state index is 12.3. The van der Waals surface area contributed by atoms with Gasteiger partial charge in [-0.15, -0.1) is 0 Å². The van der Waals surface area contributed by atoms with Crippen LogP contribution < -0.4 is 15.6 Å². The number of ether oxygens (including phenoxy) is 1. The van der Waals surface area contributed by atoms with Gasteiger partial charge in [0.25, 0.3) is 11.5 Å². The molecule has 0 bridgehead atoms. The summed E-state index contributed by atoms with van der Waals surface area (Å²) in [7, 11) is 1.58. The number of benzene rings is 2. The molecule has 0 unspecified atom stereocenters. The van der Waals surface area contributed by atoms with Crippen LogP contribution in [0.1, 0.15) is 27.0 Å². The monoisotopic (exact) mass is 350 g/mol. The number of H-pyrrole nitrogens is 1. The van der Waals surface area contributed by atoms with Crippen molar-refractivity contribution in [2.45, 2.75) is 20.3 Å². The predicted molar refractivity (Wildman–Crippen MR) is 103 cm³/mol. The Kier molecular flexibility index (Phi) is 5.07. The highest BCUT2D eigenvalue weighted by atomic mass is 16.5. The van der Waals surface area contributed by atoms with E-state index in [1.165, 1.54) is 0 Å². The van der Waals surface area contributed by atoms with Crippen molar-refractivity contribution < 1.29 is 9.53 Å². The van der Waals surface area contributed by atoms with Crippen molar-refractivity contribution in [3.63, 3.8) is 0 Å². The molecule has 1 heterocycles. The number of carbonyl (C=O) groups is 1. The second-order valence-electron chi connectivity index (χ2n) is 6.33. The molecule has 1 aromatic heterocycles. The summed E-state index contributed by atoms with van der Waals surface area (Å²) in [6, 6.07) is 12.9. The Labute approximate surface area is 152 Å². The molecule has 3 rings (SSSR count). The molecule has 2 aromatic carbocycles. The minimum atomic E-state index is -0.170. The molecule has 0 saturated carbocycles. The first-order chi connectivity index (χ1) is 12.5. The highest BCUT2D eigenvalue weighted by molar-refractivity contribution is 5.94. The van der Waals surface area contributed by atoms with Gasteiger partial charge in [-0.3, -0.25) is 9.59 Å². The summed E-state index contributed by atoms with van der Waals surface area (Å²) in [6.45, 7) is 4.42. The second kappa shape index (κ2) is 7.44. The number of aromatic nitrogens is 1. The zero-order chi connectivity index (χ0) is 18.7. The summed E-state index contributed by atoms with van der Waals surface area (Å²) < 4.78 is 5.08. The average Bonchev–Trinajstić information content (AvgIpc) is 2.66. The van der Waals surface area contributed by atoms with Crippen LogP contribution in [0.15, 0.2) is 47.3 Å². The van der Waals surface area contributed by atoms with E-state index in [0.717, 1.165) is 22.0 Å². The largest absolute Gasteiger partial charge is 0.497 e. The molecule has 0 saturated heterocycles. The van der Waals surface area contributed by atoms with Crippen LogP contribution in [0.2, 0.25) is 0 Å². The number of fused-ring (bicyclic) bond motifs is 1. The van der Waals surface area contributed by atoms with Crippen LogP contribution in [0.25, 0.3) is 10.9 Å². The molecule has 3 aromatic rings. The van der Waals surface area contributed by atoms with Gasteiger partial charge in [0.15, 0.2) is 0 Å². The predicted octanol–water partition coefficient (Wildman–Crippen LogP) is 3.13. The van der Waals surface area contributed by atoms with Gasteiger partial charge in [-0.25, -0.2) is 0 Å². The highest BCUT2D eigenvalue weighted by Crippen LogP contribution is 2.19. The van der Waals surface area contributed by atoms with E-state index in [0.29, 0.717) is 29.8 Å². The van der Waals surface area contributed by atoms with Gasteiger partial charge in [-0.2, -0.15) is 0 Å². The van der Waals surface area contributed by atoms with Crippen LogP contribution in [0.5, 0.6) is 5.75 Å². The zero-order valence-electron chi connectivity index (χ0n) is 15.2. The normalized spacial score (nSPS) is 10.7. The van der Waals surface area contributed by atoms with Gasteiger partial charge in [-0.05, 0) is 67.1 Å². The molecule has 0 aliphatic carbocycles. The van der Waals surface area contributed by atoms with Crippen LogP contribution in [0.3, 0.4) is 0 Å². The highest BCUT2D eigenvalue weighted by Gasteiger charge is 2.08. The van der Waals surface area contributed by atoms with Gasteiger partial charge in [0.2, 0.25) is 0 Å². The molecule has 2 N–H and O–H groups in total. The number of methoxy groups -OCH3 is 1. The van der Waals surface area contributed by atoms with Gasteiger partial charge in [-0.1, -0.05) is 12.1 Å². The van der Waals surface area contributed by atoms with Crippen molar-refractivity contribution in [2.75, 3.05) is 13.7 Å². The van der Waals surface area contributed by atoms with Crippen LogP contribution in [-0.4, -0.2) is 24.5 Å². The van der Waals surface area contributed by atoms with Crippen molar-refractivity contribution in [3.05, 3.63) is 75.1 Å². The number of carbonyl (C=O) groups excluding carboxylic acids is 1. The number of nitrogens with one attached hydrogen (secondary N) is 2. The van der Waals surface area contributed by atoms with Gasteiger partial charge in [0.05, 0.1) is 12.6 Å². The first-order valence-electron chi connectivity index (χ1n) is 8.54. The minimum Gasteiger partial charge on any atom is -0.497 e. The van der Waals surface area contributed by atoms with E-state index in [1.807, 2.05) is 32.0 Å². The van der Waals surface area contributed by atoms with Gasteiger partial charge in [0, 0.05) is 17.7 Å². The molecule has 5 nitrogen and oxygen atoms in total. The van der Waals surface area contributed by atoms with Crippen molar-refractivity contribution in [1.29, 1.82) is 0 Å². The molecular weight excluding hydrogens is 328 g/mol. The number of hydrogen-bond acceptors (Lipinski definition) is 3. The molecule has 0 fully saturated rings. The van der Waals surface area contributed by atoms with Crippen LogP contribution in [0.4, 0.5) is 0 Å². The molecular formula is C21H22N2O3. The van der Waals surface area contributed by atoms with E-state index in [9.17, 15) is 9.59 Å². The molecule has 0 spiro atoms. The first-order valence-corrected chi connectivity index (χ1v) is 8.54. The zero-order valence-corrected chi connectivity index (χ0v) is 15.2. The topological polar surface area (TPSA) is 71.2 Å². The lowest BCUT2D eigenvalue weighted by molar-refractivity contribution is 0.0954. The SMILES string of the molecule is COc1ccc(C(=O)NCCc2cc3ccc(C)c(C)c3[nH]c2=O)cc1. The van der Waals surface area contributed by atoms with Crippen LogP contribution in [-0.2, 0) is 6.42 Å². The maximum Gasteiger partial charge on any atom is 0.251 e. The van der Waals surface area contributed by atoms with E-state index >= 15 is 0 Å². The summed E-state index contributed by atoms with van der Waals surface area (Å²) in [4.78, 5) is 27.5. The minimum absolute atomic E-state index is 0.107. The molecule has 0 atom stereocenters. The van der Waals surface area contributed by atoms with Gasteiger partial charge < -0.3 is 15.0 Å². The number of aromatic amines is 1. The van der Waals surface area contributed by atoms with Crippen LogP contribution in [0, 0.1) is 13.8 Å². The number of rotatable bonds is 5. The Morgan fingerprint density at radius 3 is 2.54 bits per heavy atom. The lowest BCUT2D eigenvalue weighted by atomic mass is 10.0. The van der Waals surface area contributed by atoms with E-state index in [2.05, 4.69) is 10.3 Å². The molecule has 0 aliphatic heterocycles. The fourth-order valence-electron chi connectivity index (χ4n) is 2.91. The van der Waals surface area contributed by atoms with E-state index in [1.54, 1.807) is 31.4 Å². The Morgan fingerprint density at radius 1 is 1.12 bits per heavy atom. The summed E-state index contributed by atoms with van der Waals surface area (Å²) >= 11 is 0. The maximum atomic E-state index is 12.3. The summed E-state index contributed by atoms with van der Waals surface area (Å²) in [5.74, 6) is 0.533. The van der Waals surface area contributed by atoms with Crippen molar-refractivity contribution in [3.8, 4) is 5.75 Å². The van der Waals surface area contributed by atoms with Crippen LogP contribution >= 0.6 is 0 Å². The quantitative estimate of drug-likeness (QED) is 0.743. The Hall–Kier alpha value is -3.08.